The van der Waals surface area contributed by atoms with Gasteiger partial charge in [-0.25, -0.2) is 4.79 Å². The van der Waals surface area contributed by atoms with Crippen molar-refractivity contribution in [3.05, 3.63) is 35.9 Å². The Morgan fingerprint density at radius 3 is 2.10 bits per heavy atom. The minimum atomic E-state index is -1.57. The van der Waals surface area contributed by atoms with Gasteiger partial charge in [0, 0.05) is 0 Å². The van der Waals surface area contributed by atoms with Crippen molar-refractivity contribution in [2.75, 3.05) is 6.61 Å². The summed E-state index contributed by atoms with van der Waals surface area (Å²) in [6.07, 6.45) is -1.33. The average molecular weight is 421 g/mol. The van der Waals surface area contributed by atoms with Crippen LogP contribution in [0.2, 0.25) is 0 Å². The molecule has 0 spiro atoms. The lowest BCUT2D eigenvalue weighted by atomic mass is 9.83. The number of carbonyl (C=O) groups excluding carboxylic acids is 4. The third-order valence-electron chi connectivity index (χ3n) is 4.02. The van der Waals surface area contributed by atoms with Crippen LogP contribution < -0.4 is 5.32 Å². The van der Waals surface area contributed by atoms with Gasteiger partial charge in [0.15, 0.2) is 5.78 Å². The maximum Gasteiger partial charge on any atom is 0.408 e. The molecule has 1 rings (SSSR count). The van der Waals surface area contributed by atoms with Gasteiger partial charge in [-0.15, -0.1) is 0 Å². The van der Waals surface area contributed by atoms with Crippen LogP contribution in [-0.4, -0.2) is 42.1 Å². The Kier molecular flexibility index (Phi) is 9.01. The number of Topliss-reactive ketones (excluding diaryl/α,β-unsaturated/α-hetero) is 1. The molecular formula is C22H31NO7. The van der Waals surface area contributed by atoms with Gasteiger partial charge in [-0.05, 0) is 47.1 Å². The Bertz CT molecular complexity index is 750. The summed E-state index contributed by atoms with van der Waals surface area (Å²) in [5.74, 6) is -2.12. The molecular weight excluding hydrogens is 390 g/mol. The Balaban J connectivity index is 2.93. The number of rotatable bonds is 9. The highest BCUT2D eigenvalue weighted by molar-refractivity contribution is 6.07. The summed E-state index contributed by atoms with van der Waals surface area (Å²) >= 11 is 0. The molecule has 1 N–H and O–H groups in total. The average Bonchev–Trinajstić information content (AvgIpc) is 2.64. The first-order valence-corrected chi connectivity index (χ1v) is 9.77. The number of carbonyl (C=O) groups is 4. The third-order valence-corrected chi connectivity index (χ3v) is 4.02. The van der Waals surface area contributed by atoms with E-state index in [4.69, 9.17) is 14.2 Å². The molecule has 30 heavy (non-hydrogen) atoms. The van der Waals surface area contributed by atoms with Crippen LogP contribution in [0.25, 0.3) is 0 Å². The molecule has 0 bridgehead atoms. The van der Waals surface area contributed by atoms with Crippen molar-refractivity contribution in [2.45, 2.75) is 66.2 Å². The van der Waals surface area contributed by atoms with E-state index in [9.17, 15) is 19.2 Å². The summed E-state index contributed by atoms with van der Waals surface area (Å²) in [6.45, 7) is 9.50. The molecule has 1 amide bonds. The fraction of sp³-hybridized carbons (Fsp3) is 0.545. The SMILES string of the molecule is CCOC(=O)C(C)(C)C(=O)[C@H](CC(=O)OCc1ccccc1)NC(=O)OC(C)(C)C. The van der Waals surface area contributed by atoms with Gasteiger partial charge in [-0.1, -0.05) is 30.3 Å². The molecule has 0 saturated carbocycles. The standard InChI is InChI=1S/C22H31NO7/c1-7-28-19(26)22(5,6)18(25)16(23-20(27)30-21(2,3)4)13-17(24)29-14-15-11-9-8-10-12-15/h8-12,16H,7,13-14H2,1-6H3,(H,23,27)/t16-/m0/s1. The summed E-state index contributed by atoms with van der Waals surface area (Å²) < 4.78 is 15.3. The van der Waals surface area contributed by atoms with Crippen LogP contribution >= 0.6 is 0 Å². The maximum absolute atomic E-state index is 13.0. The van der Waals surface area contributed by atoms with E-state index in [0.29, 0.717) is 0 Å². The number of nitrogens with one attached hydrogen (secondary N) is 1. The van der Waals surface area contributed by atoms with Gasteiger partial charge in [-0.2, -0.15) is 0 Å². The van der Waals surface area contributed by atoms with E-state index in [1.165, 1.54) is 13.8 Å². The monoisotopic (exact) mass is 421 g/mol. The summed E-state index contributed by atoms with van der Waals surface area (Å²) in [7, 11) is 0. The molecule has 1 aromatic carbocycles. The van der Waals surface area contributed by atoms with E-state index in [0.717, 1.165) is 5.56 Å². The zero-order chi connectivity index (χ0) is 22.9. The Labute approximate surface area is 177 Å². The number of alkyl carbamates (subject to hydrolysis) is 1. The Morgan fingerprint density at radius 2 is 1.57 bits per heavy atom. The molecule has 0 aliphatic rings. The fourth-order valence-corrected chi connectivity index (χ4v) is 2.47. The zero-order valence-corrected chi connectivity index (χ0v) is 18.4. The number of amides is 1. The van der Waals surface area contributed by atoms with Crippen molar-refractivity contribution < 1.29 is 33.4 Å². The van der Waals surface area contributed by atoms with Crippen LogP contribution in [0.1, 0.15) is 53.5 Å². The number of ether oxygens (including phenoxy) is 3. The van der Waals surface area contributed by atoms with Gasteiger partial charge >= 0.3 is 18.0 Å². The van der Waals surface area contributed by atoms with E-state index in [1.54, 1.807) is 52.0 Å². The number of hydrogen-bond acceptors (Lipinski definition) is 7. The quantitative estimate of drug-likeness (QED) is 0.371. The maximum atomic E-state index is 13.0. The lowest BCUT2D eigenvalue weighted by Gasteiger charge is -2.28. The molecule has 166 valence electrons. The molecule has 1 atom stereocenters. The molecule has 0 unspecified atom stereocenters. The van der Waals surface area contributed by atoms with Crippen LogP contribution in [-0.2, 0) is 35.2 Å². The first kappa shape index (κ1) is 25.1. The molecule has 0 radical (unpaired) electrons. The van der Waals surface area contributed by atoms with E-state index in [2.05, 4.69) is 5.32 Å². The Hall–Kier alpha value is -2.90. The topological polar surface area (TPSA) is 108 Å². The first-order valence-electron chi connectivity index (χ1n) is 9.77. The van der Waals surface area contributed by atoms with Crippen LogP contribution in [0, 0.1) is 5.41 Å². The molecule has 0 aliphatic heterocycles. The second kappa shape index (κ2) is 10.8. The highest BCUT2D eigenvalue weighted by Gasteiger charge is 2.43. The number of benzene rings is 1. The largest absolute Gasteiger partial charge is 0.465 e. The normalized spacial score (nSPS) is 12.5. The van der Waals surface area contributed by atoms with Crippen LogP contribution in [0.15, 0.2) is 30.3 Å². The van der Waals surface area contributed by atoms with Crippen molar-refractivity contribution >= 4 is 23.8 Å². The van der Waals surface area contributed by atoms with E-state index < -0.39 is 47.3 Å². The fourth-order valence-electron chi connectivity index (χ4n) is 2.47. The molecule has 1 aromatic rings. The molecule has 0 heterocycles. The molecule has 0 aliphatic carbocycles. The highest BCUT2D eigenvalue weighted by atomic mass is 16.6. The predicted octanol–water partition coefficient (Wildman–Crippen LogP) is 3.17. The van der Waals surface area contributed by atoms with Gasteiger partial charge in [0.2, 0.25) is 0 Å². The smallest absolute Gasteiger partial charge is 0.408 e. The summed E-state index contributed by atoms with van der Waals surface area (Å²) in [5.41, 5.74) is -1.60. The summed E-state index contributed by atoms with van der Waals surface area (Å²) in [6, 6.07) is 7.71. The second-order valence-electron chi connectivity index (χ2n) is 8.26. The minimum absolute atomic E-state index is 0.0221. The van der Waals surface area contributed by atoms with Crippen molar-refractivity contribution in [1.82, 2.24) is 5.32 Å². The lowest BCUT2D eigenvalue weighted by molar-refractivity contribution is -0.160. The van der Waals surface area contributed by atoms with Crippen molar-refractivity contribution in [1.29, 1.82) is 0 Å². The van der Waals surface area contributed by atoms with Crippen molar-refractivity contribution in [3.63, 3.8) is 0 Å². The van der Waals surface area contributed by atoms with E-state index in [1.807, 2.05) is 6.07 Å². The first-order chi connectivity index (χ1) is 13.9. The zero-order valence-electron chi connectivity index (χ0n) is 18.4. The minimum Gasteiger partial charge on any atom is -0.465 e. The van der Waals surface area contributed by atoms with Crippen LogP contribution in [0.5, 0.6) is 0 Å². The van der Waals surface area contributed by atoms with Crippen molar-refractivity contribution in [2.24, 2.45) is 5.41 Å². The summed E-state index contributed by atoms with van der Waals surface area (Å²) in [5, 5.41) is 2.39. The molecule has 0 saturated heterocycles. The predicted molar refractivity (Wildman–Crippen MR) is 109 cm³/mol. The van der Waals surface area contributed by atoms with Gasteiger partial charge < -0.3 is 19.5 Å². The van der Waals surface area contributed by atoms with Crippen molar-refractivity contribution in [3.8, 4) is 0 Å². The Morgan fingerprint density at radius 1 is 0.967 bits per heavy atom. The second-order valence-corrected chi connectivity index (χ2v) is 8.26. The number of ketones is 1. The number of esters is 2. The van der Waals surface area contributed by atoms with Gasteiger partial charge in [-0.3, -0.25) is 14.4 Å². The molecule has 8 nitrogen and oxygen atoms in total. The van der Waals surface area contributed by atoms with Crippen LogP contribution in [0.4, 0.5) is 4.79 Å². The molecule has 0 fully saturated rings. The third kappa shape index (κ3) is 8.23. The molecule has 8 heteroatoms. The summed E-state index contributed by atoms with van der Waals surface area (Å²) in [4.78, 5) is 49.8. The van der Waals surface area contributed by atoms with E-state index >= 15 is 0 Å². The van der Waals surface area contributed by atoms with Gasteiger partial charge in [0.05, 0.1) is 13.0 Å². The van der Waals surface area contributed by atoms with E-state index in [-0.39, 0.29) is 13.2 Å². The lowest BCUT2D eigenvalue weighted by Crippen LogP contribution is -2.51. The van der Waals surface area contributed by atoms with Crippen LogP contribution in [0.3, 0.4) is 0 Å². The van der Waals surface area contributed by atoms with Gasteiger partial charge in [0.25, 0.3) is 0 Å². The molecule has 0 aromatic heterocycles. The highest BCUT2D eigenvalue weighted by Crippen LogP contribution is 2.23. The number of hydrogen-bond donors (Lipinski definition) is 1. The van der Waals surface area contributed by atoms with Gasteiger partial charge in [0.1, 0.15) is 23.7 Å².